The Kier molecular flexibility index (Phi) is 3.35. The zero-order valence-electron chi connectivity index (χ0n) is 10.5. The summed E-state index contributed by atoms with van der Waals surface area (Å²) in [5, 5.41) is 18.1. The van der Waals surface area contributed by atoms with Crippen LogP contribution in [0.4, 0.5) is 0 Å². The molecular weight excluding hydrogens is 272 g/mol. The van der Waals surface area contributed by atoms with Gasteiger partial charge in [0.15, 0.2) is 0 Å². The number of thiophene rings is 1. The third kappa shape index (κ3) is 2.35. The second kappa shape index (κ2) is 5.30. The molecule has 1 aromatic carbocycles. The standard InChI is InChI=1S/C15H12N2O2S/c18-15(19)14-12(9-11-7-4-8-20-11)13(16-17-14)10-5-2-1-3-6-10/h1-8H,9H2,(H,16,17)(H,18,19). The van der Waals surface area contributed by atoms with Crippen molar-refractivity contribution in [1.29, 1.82) is 0 Å². The number of carboxylic acid groups (broad SMARTS) is 1. The summed E-state index contributed by atoms with van der Waals surface area (Å²) in [4.78, 5) is 12.4. The number of aromatic carboxylic acids is 1. The fourth-order valence-corrected chi connectivity index (χ4v) is 2.85. The lowest BCUT2D eigenvalue weighted by Crippen LogP contribution is -2.02. The van der Waals surface area contributed by atoms with Gasteiger partial charge in [0.05, 0.1) is 5.69 Å². The van der Waals surface area contributed by atoms with E-state index in [4.69, 9.17) is 0 Å². The van der Waals surface area contributed by atoms with Crippen LogP contribution in [0.15, 0.2) is 47.8 Å². The molecule has 2 aromatic heterocycles. The van der Waals surface area contributed by atoms with Gasteiger partial charge in [0, 0.05) is 22.4 Å². The van der Waals surface area contributed by atoms with Crippen molar-refractivity contribution in [2.24, 2.45) is 0 Å². The number of carbonyl (C=O) groups is 1. The number of carboxylic acids is 1. The molecule has 0 amide bonds. The van der Waals surface area contributed by atoms with E-state index in [9.17, 15) is 9.90 Å². The van der Waals surface area contributed by atoms with Crippen LogP contribution in [0.5, 0.6) is 0 Å². The highest BCUT2D eigenvalue weighted by molar-refractivity contribution is 7.09. The van der Waals surface area contributed by atoms with E-state index >= 15 is 0 Å². The molecule has 0 unspecified atom stereocenters. The van der Waals surface area contributed by atoms with Crippen molar-refractivity contribution in [2.75, 3.05) is 0 Å². The third-order valence-corrected chi connectivity index (χ3v) is 3.94. The van der Waals surface area contributed by atoms with Gasteiger partial charge >= 0.3 is 5.97 Å². The van der Waals surface area contributed by atoms with Gasteiger partial charge in [-0.05, 0) is 11.4 Å². The molecular formula is C15H12N2O2S. The number of benzene rings is 1. The number of rotatable bonds is 4. The average Bonchev–Trinajstić information content (AvgIpc) is 3.10. The molecule has 0 bridgehead atoms. The highest BCUT2D eigenvalue weighted by Gasteiger charge is 2.19. The monoisotopic (exact) mass is 284 g/mol. The molecule has 100 valence electrons. The minimum absolute atomic E-state index is 0.164. The lowest BCUT2D eigenvalue weighted by atomic mass is 10.0. The first-order valence-electron chi connectivity index (χ1n) is 6.14. The number of aromatic amines is 1. The van der Waals surface area contributed by atoms with Crippen LogP contribution in [0.1, 0.15) is 20.9 Å². The largest absolute Gasteiger partial charge is 0.477 e. The second-order valence-electron chi connectivity index (χ2n) is 4.35. The van der Waals surface area contributed by atoms with Gasteiger partial charge < -0.3 is 5.11 Å². The van der Waals surface area contributed by atoms with Gasteiger partial charge in [-0.3, -0.25) is 5.10 Å². The fraction of sp³-hybridized carbons (Fsp3) is 0.0667. The zero-order chi connectivity index (χ0) is 13.9. The Morgan fingerprint density at radius 1 is 1.20 bits per heavy atom. The Bertz CT molecular complexity index is 718. The van der Waals surface area contributed by atoms with Crippen LogP contribution in [0.3, 0.4) is 0 Å². The van der Waals surface area contributed by atoms with Crippen molar-refractivity contribution in [3.8, 4) is 11.3 Å². The third-order valence-electron chi connectivity index (χ3n) is 3.06. The fourth-order valence-electron chi connectivity index (χ4n) is 2.14. The summed E-state index contributed by atoms with van der Waals surface area (Å²) in [6.45, 7) is 0. The van der Waals surface area contributed by atoms with Crippen molar-refractivity contribution in [3.05, 3.63) is 64.0 Å². The number of nitrogens with zero attached hydrogens (tertiary/aromatic N) is 1. The maximum Gasteiger partial charge on any atom is 0.354 e. The zero-order valence-corrected chi connectivity index (χ0v) is 11.4. The molecule has 0 fully saturated rings. The van der Waals surface area contributed by atoms with Gasteiger partial charge in [-0.1, -0.05) is 36.4 Å². The van der Waals surface area contributed by atoms with Gasteiger partial charge in [-0.15, -0.1) is 11.3 Å². The molecule has 4 nitrogen and oxygen atoms in total. The predicted octanol–water partition coefficient (Wildman–Crippen LogP) is 3.43. The lowest BCUT2D eigenvalue weighted by Gasteiger charge is -2.03. The topological polar surface area (TPSA) is 66.0 Å². The molecule has 0 aliphatic rings. The van der Waals surface area contributed by atoms with E-state index < -0.39 is 5.97 Å². The molecule has 3 rings (SSSR count). The number of aromatic nitrogens is 2. The minimum atomic E-state index is -0.980. The molecule has 0 radical (unpaired) electrons. The van der Waals surface area contributed by atoms with Gasteiger partial charge in [0.1, 0.15) is 5.69 Å². The van der Waals surface area contributed by atoms with E-state index in [-0.39, 0.29) is 5.69 Å². The lowest BCUT2D eigenvalue weighted by molar-refractivity contribution is 0.0689. The molecule has 2 heterocycles. The smallest absolute Gasteiger partial charge is 0.354 e. The molecule has 0 saturated carbocycles. The second-order valence-corrected chi connectivity index (χ2v) is 5.39. The normalized spacial score (nSPS) is 10.6. The summed E-state index contributed by atoms with van der Waals surface area (Å²) in [6.07, 6.45) is 0.569. The molecule has 0 aliphatic heterocycles. The first-order valence-corrected chi connectivity index (χ1v) is 7.02. The van der Waals surface area contributed by atoms with E-state index in [1.54, 1.807) is 11.3 Å². The van der Waals surface area contributed by atoms with Crippen molar-refractivity contribution in [2.45, 2.75) is 6.42 Å². The molecule has 0 saturated heterocycles. The summed E-state index contributed by atoms with van der Waals surface area (Å²) in [6, 6.07) is 13.6. The van der Waals surface area contributed by atoms with Crippen molar-refractivity contribution < 1.29 is 9.90 Å². The molecule has 20 heavy (non-hydrogen) atoms. The van der Waals surface area contributed by atoms with Crippen LogP contribution >= 0.6 is 11.3 Å². The molecule has 5 heteroatoms. The minimum Gasteiger partial charge on any atom is -0.477 e. The number of hydrogen-bond acceptors (Lipinski definition) is 3. The Morgan fingerprint density at radius 3 is 2.65 bits per heavy atom. The number of H-pyrrole nitrogens is 1. The molecule has 0 atom stereocenters. The van der Waals surface area contributed by atoms with Crippen LogP contribution in [-0.2, 0) is 6.42 Å². The van der Waals surface area contributed by atoms with E-state index in [1.165, 1.54) is 0 Å². The van der Waals surface area contributed by atoms with Crippen LogP contribution in [0, 0.1) is 0 Å². The summed E-state index contributed by atoms with van der Waals surface area (Å²) in [5.41, 5.74) is 2.52. The summed E-state index contributed by atoms with van der Waals surface area (Å²) in [5.74, 6) is -0.980. The van der Waals surface area contributed by atoms with E-state index in [1.807, 2.05) is 47.8 Å². The SMILES string of the molecule is O=C(O)c1[nH]nc(-c2ccccc2)c1Cc1cccs1. The Hall–Kier alpha value is -2.40. The van der Waals surface area contributed by atoms with E-state index in [2.05, 4.69) is 10.2 Å². The van der Waals surface area contributed by atoms with Crippen LogP contribution < -0.4 is 0 Å². The Morgan fingerprint density at radius 2 is 2.00 bits per heavy atom. The summed E-state index contributed by atoms with van der Waals surface area (Å²) < 4.78 is 0. The Balaban J connectivity index is 2.09. The maximum atomic E-state index is 11.3. The number of nitrogens with one attached hydrogen (secondary N) is 1. The van der Waals surface area contributed by atoms with Crippen molar-refractivity contribution in [3.63, 3.8) is 0 Å². The highest BCUT2D eigenvalue weighted by atomic mass is 32.1. The van der Waals surface area contributed by atoms with Gasteiger partial charge in [-0.25, -0.2) is 4.79 Å². The summed E-state index contributed by atoms with van der Waals surface area (Å²) in [7, 11) is 0. The van der Waals surface area contributed by atoms with E-state index in [0.29, 0.717) is 12.1 Å². The van der Waals surface area contributed by atoms with Crippen LogP contribution in [-0.4, -0.2) is 21.3 Å². The molecule has 3 aromatic rings. The maximum absolute atomic E-state index is 11.3. The van der Waals surface area contributed by atoms with Crippen LogP contribution in [0.25, 0.3) is 11.3 Å². The van der Waals surface area contributed by atoms with E-state index in [0.717, 1.165) is 16.0 Å². The van der Waals surface area contributed by atoms with Crippen LogP contribution in [0.2, 0.25) is 0 Å². The van der Waals surface area contributed by atoms with Crippen molar-refractivity contribution >= 4 is 17.3 Å². The Labute approximate surface area is 119 Å². The molecule has 0 spiro atoms. The highest BCUT2D eigenvalue weighted by Crippen LogP contribution is 2.27. The average molecular weight is 284 g/mol. The van der Waals surface area contributed by atoms with Gasteiger partial charge in [-0.2, -0.15) is 5.10 Å². The van der Waals surface area contributed by atoms with Gasteiger partial charge in [0.25, 0.3) is 0 Å². The summed E-state index contributed by atoms with van der Waals surface area (Å²) >= 11 is 1.61. The van der Waals surface area contributed by atoms with Gasteiger partial charge in [0.2, 0.25) is 0 Å². The van der Waals surface area contributed by atoms with Crippen molar-refractivity contribution in [1.82, 2.24) is 10.2 Å². The molecule has 0 aliphatic carbocycles. The predicted molar refractivity (Wildman–Crippen MR) is 78.1 cm³/mol. The first kappa shape index (κ1) is 12.6. The quantitative estimate of drug-likeness (QED) is 0.771. The molecule has 2 N–H and O–H groups in total. The first-order chi connectivity index (χ1) is 9.75. The number of hydrogen-bond donors (Lipinski definition) is 2.